The van der Waals surface area contributed by atoms with E-state index in [4.69, 9.17) is 0 Å². The molecule has 0 amide bonds. The van der Waals surface area contributed by atoms with Crippen LogP contribution in [0.25, 0.3) is 0 Å². The molecule has 0 spiro atoms. The standard InChI is InChI=1S/C11H16/c1-4-7-9-11(6-3)10-8-5-2/h4-5,7,9-10H,1-2,6,8H2,3H3. The van der Waals surface area contributed by atoms with Gasteiger partial charge in [-0.15, -0.1) is 6.58 Å². The fourth-order valence-electron chi connectivity index (χ4n) is 0.757. The summed E-state index contributed by atoms with van der Waals surface area (Å²) in [5.41, 5.74) is 1.34. The highest BCUT2D eigenvalue weighted by Gasteiger charge is 1.83. The lowest BCUT2D eigenvalue weighted by atomic mass is 10.1. The van der Waals surface area contributed by atoms with Crippen LogP contribution in [-0.4, -0.2) is 0 Å². The van der Waals surface area contributed by atoms with Gasteiger partial charge in [0.2, 0.25) is 0 Å². The molecule has 0 saturated heterocycles. The maximum absolute atomic E-state index is 3.66. The lowest BCUT2D eigenvalue weighted by molar-refractivity contribution is 1.13. The first-order chi connectivity index (χ1) is 5.35. The van der Waals surface area contributed by atoms with Gasteiger partial charge in [-0.1, -0.05) is 49.5 Å². The number of hydrogen-bond acceptors (Lipinski definition) is 0. The third kappa shape index (κ3) is 5.41. The highest BCUT2D eigenvalue weighted by atomic mass is 13.9. The van der Waals surface area contributed by atoms with E-state index >= 15 is 0 Å². The topological polar surface area (TPSA) is 0 Å². The summed E-state index contributed by atoms with van der Waals surface area (Å²) >= 11 is 0. The highest BCUT2D eigenvalue weighted by molar-refractivity contribution is 5.21. The van der Waals surface area contributed by atoms with Gasteiger partial charge >= 0.3 is 0 Å². The van der Waals surface area contributed by atoms with Crippen molar-refractivity contribution in [3.05, 3.63) is 49.1 Å². The van der Waals surface area contributed by atoms with Gasteiger partial charge in [-0.2, -0.15) is 0 Å². The van der Waals surface area contributed by atoms with E-state index in [1.807, 2.05) is 12.2 Å². The Morgan fingerprint density at radius 1 is 1.36 bits per heavy atom. The quantitative estimate of drug-likeness (QED) is 0.412. The van der Waals surface area contributed by atoms with Crippen LogP contribution in [0.1, 0.15) is 19.8 Å². The van der Waals surface area contributed by atoms with Crippen LogP contribution in [0.5, 0.6) is 0 Å². The van der Waals surface area contributed by atoms with E-state index in [2.05, 4.69) is 32.2 Å². The molecule has 0 atom stereocenters. The van der Waals surface area contributed by atoms with Gasteiger partial charge in [0.25, 0.3) is 0 Å². The van der Waals surface area contributed by atoms with Crippen molar-refractivity contribution in [1.29, 1.82) is 0 Å². The molecule has 0 aliphatic carbocycles. The SMILES string of the molecule is C=CC=CC(=CCC=C)CC. The molecule has 0 radical (unpaired) electrons. The van der Waals surface area contributed by atoms with E-state index in [1.165, 1.54) is 5.57 Å². The molecule has 0 nitrogen and oxygen atoms in total. The molecule has 0 N–H and O–H groups in total. The van der Waals surface area contributed by atoms with Crippen LogP contribution in [0.15, 0.2) is 49.1 Å². The van der Waals surface area contributed by atoms with Gasteiger partial charge in [-0.3, -0.25) is 0 Å². The minimum Gasteiger partial charge on any atom is -0.103 e. The predicted octanol–water partition coefficient (Wildman–Crippen LogP) is 3.64. The van der Waals surface area contributed by atoms with Gasteiger partial charge in [0.1, 0.15) is 0 Å². The second-order valence-electron chi connectivity index (χ2n) is 2.25. The fourth-order valence-corrected chi connectivity index (χ4v) is 0.757. The summed E-state index contributed by atoms with van der Waals surface area (Å²) in [4.78, 5) is 0. The summed E-state index contributed by atoms with van der Waals surface area (Å²) in [6.07, 6.45) is 11.9. The normalized spacial score (nSPS) is 11.9. The second-order valence-corrected chi connectivity index (χ2v) is 2.25. The van der Waals surface area contributed by atoms with Crippen LogP contribution < -0.4 is 0 Å². The molecule has 0 fully saturated rings. The highest BCUT2D eigenvalue weighted by Crippen LogP contribution is 2.04. The Hall–Kier alpha value is -1.04. The van der Waals surface area contributed by atoms with Crippen LogP contribution >= 0.6 is 0 Å². The summed E-state index contributed by atoms with van der Waals surface area (Å²) in [7, 11) is 0. The van der Waals surface area contributed by atoms with Crippen molar-refractivity contribution in [3.63, 3.8) is 0 Å². The van der Waals surface area contributed by atoms with Crippen molar-refractivity contribution in [2.75, 3.05) is 0 Å². The zero-order chi connectivity index (χ0) is 8.53. The molecular weight excluding hydrogens is 132 g/mol. The number of hydrogen-bond donors (Lipinski definition) is 0. The largest absolute Gasteiger partial charge is 0.103 e. The summed E-state index contributed by atoms with van der Waals surface area (Å²) < 4.78 is 0. The lowest BCUT2D eigenvalue weighted by Gasteiger charge is -1.93. The average molecular weight is 148 g/mol. The lowest BCUT2D eigenvalue weighted by Crippen LogP contribution is -1.73. The molecule has 0 heteroatoms. The van der Waals surface area contributed by atoms with Crippen LogP contribution in [0.3, 0.4) is 0 Å². The van der Waals surface area contributed by atoms with Gasteiger partial charge in [-0.05, 0) is 12.8 Å². The van der Waals surface area contributed by atoms with E-state index in [1.54, 1.807) is 6.08 Å². The summed E-state index contributed by atoms with van der Waals surface area (Å²) in [6.45, 7) is 9.41. The van der Waals surface area contributed by atoms with Crippen LogP contribution in [0.4, 0.5) is 0 Å². The molecule has 0 aromatic heterocycles. The Bertz CT molecular complexity index is 170. The Balaban J connectivity index is 4.02. The molecule has 0 saturated carbocycles. The third-order valence-corrected chi connectivity index (χ3v) is 1.40. The van der Waals surface area contributed by atoms with Crippen molar-refractivity contribution in [2.24, 2.45) is 0 Å². The van der Waals surface area contributed by atoms with Crippen molar-refractivity contribution >= 4 is 0 Å². The van der Waals surface area contributed by atoms with E-state index in [0.717, 1.165) is 12.8 Å². The van der Waals surface area contributed by atoms with Gasteiger partial charge < -0.3 is 0 Å². The summed E-state index contributed by atoms with van der Waals surface area (Å²) in [5, 5.41) is 0. The number of allylic oxidation sites excluding steroid dienone is 6. The Morgan fingerprint density at radius 2 is 2.09 bits per heavy atom. The average Bonchev–Trinajstić information content (AvgIpc) is 2.05. The fraction of sp³-hybridized carbons (Fsp3) is 0.273. The van der Waals surface area contributed by atoms with Crippen molar-refractivity contribution in [2.45, 2.75) is 19.8 Å². The Morgan fingerprint density at radius 3 is 2.55 bits per heavy atom. The molecular formula is C11H16. The first-order valence-electron chi connectivity index (χ1n) is 3.94. The molecule has 0 rings (SSSR count). The van der Waals surface area contributed by atoms with Crippen LogP contribution in [0, 0.1) is 0 Å². The van der Waals surface area contributed by atoms with Gasteiger partial charge in [0, 0.05) is 0 Å². The van der Waals surface area contributed by atoms with Gasteiger partial charge in [0.15, 0.2) is 0 Å². The third-order valence-electron chi connectivity index (χ3n) is 1.40. The Labute approximate surface area is 69.6 Å². The first-order valence-corrected chi connectivity index (χ1v) is 3.94. The van der Waals surface area contributed by atoms with E-state index < -0.39 is 0 Å². The smallest absolute Gasteiger partial charge is 0.0166 e. The van der Waals surface area contributed by atoms with E-state index in [-0.39, 0.29) is 0 Å². The van der Waals surface area contributed by atoms with Crippen LogP contribution in [-0.2, 0) is 0 Å². The van der Waals surface area contributed by atoms with Crippen molar-refractivity contribution in [1.82, 2.24) is 0 Å². The predicted molar refractivity (Wildman–Crippen MR) is 52.5 cm³/mol. The van der Waals surface area contributed by atoms with Crippen molar-refractivity contribution < 1.29 is 0 Å². The molecule has 60 valence electrons. The molecule has 0 aliphatic heterocycles. The summed E-state index contributed by atoms with van der Waals surface area (Å²) in [6, 6.07) is 0. The van der Waals surface area contributed by atoms with E-state index in [9.17, 15) is 0 Å². The zero-order valence-corrected chi connectivity index (χ0v) is 7.22. The number of rotatable bonds is 5. The molecule has 0 bridgehead atoms. The molecule has 0 aromatic rings. The van der Waals surface area contributed by atoms with E-state index in [0.29, 0.717) is 0 Å². The molecule has 0 heterocycles. The molecule has 0 unspecified atom stereocenters. The van der Waals surface area contributed by atoms with Gasteiger partial charge in [-0.25, -0.2) is 0 Å². The van der Waals surface area contributed by atoms with Crippen molar-refractivity contribution in [3.8, 4) is 0 Å². The second kappa shape index (κ2) is 7.07. The molecule has 0 aromatic carbocycles. The van der Waals surface area contributed by atoms with Crippen LogP contribution in [0.2, 0.25) is 0 Å². The molecule has 0 aliphatic rings. The maximum Gasteiger partial charge on any atom is -0.0166 e. The first kappa shape index (κ1) is 9.96. The summed E-state index contributed by atoms with van der Waals surface area (Å²) in [5.74, 6) is 0. The monoisotopic (exact) mass is 148 g/mol. The molecule has 11 heavy (non-hydrogen) atoms. The minimum atomic E-state index is 0.949. The zero-order valence-electron chi connectivity index (χ0n) is 7.22. The minimum absolute atomic E-state index is 0.949. The maximum atomic E-state index is 3.66. The Kier molecular flexibility index (Phi) is 6.40. The van der Waals surface area contributed by atoms with Gasteiger partial charge in [0.05, 0.1) is 0 Å².